The number of methoxy groups -OCH3 is 1. The molecule has 2 atom stereocenters. The molecule has 0 saturated heterocycles. The Morgan fingerprint density at radius 3 is 2.33 bits per heavy atom. The van der Waals surface area contributed by atoms with E-state index >= 15 is 0 Å². The first-order chi connectivity index (χ1) is 5.71. The summed E-state index contributed by atoms with van der Waals surface area (Å²) >= 11 is 6.19. The average molecular weight is 189 g/mol. The maximum atomic E-state index is 11.3. The quantitative estimate of drug-likeness (QED) is 0.465. The SMILES string of the molecule is COC(=O)C1(Cl)C2CCCCC21. The van der Waals surface area contributed by atoms with Gasteiger partial charge in [0.1, 0.15) is 4.87 Å². The Labute approximate surface area is 77.2 Å². The third kappa shape index (κ3) is 0.905. The number of alkyl halides is 1. The molecular formula is C9H13ClO2. The Balaban J connectivity index is 2.10. The molecule has 0 radical (unpaired) electrons. The molecule has 2 aliphatic rings. The number of hydrogen-bond acceptors (Lipinski definition) is 2. The number of hydrogen-bond donors (Lipinski definition) is 0. The highest BCUT2D eigenvalue weighted by atomic mass is 35.5. The van der Waals surface area contributed by atoms with Crippen LogP contribution in [0.4, 0.5) is 0 Å². The number of fused-ring (bicyclic) bond motifs is 1. The van der Waals surface area contributed by atoms with E-state index in [1.807, 2.05) is 0 Å². The smallest absolute Gasteiger partial charge is 0.327 e. The molecule has 0 spiro atoms. The zero-order chi connectivity index (χ0) is 8.77. The summed E-state index contributed by atoms with van der Waals surface area (Å²) in [4.78, 5) is 10.7. The Morgan fingerprint density at radius 1 is 1.42 bits per heavy atom. The summed E-state index contributed by atoms with van der Waals surface area (Å²) in [5.74, 6) is 0.585. The maximum Gasteiger partial charge on any atom is 0.327 e. The van der Waals surface area contributed by atoms with Gasteiger partial charge in [-0.15, -0.1) is 11.6 Å². The van der Waals surface area contributed by atoms with E-state index in [0.29, 0.717) is 11.8 Å². The van der Waals surface area contributed by atoms with Crippen molar-refractivity contribution in [2.45, 2.75) is 30.6 Å². The molecule has 0 aromatic carbocycles. The highest BCUT2D eigenvalue weighted by molar-refractivity contribution is 6.37. The number of carbonyl (C=O) groups is 1. The van der Waals surface area contributed by atoms with Crippen molar-refractivity contribution >= 4 is 17.6 Å². The minimum absolute atomic E-state index is 0.221. The van der Waals surface area contributed by atoms with Crippen LogP contribution in [0.1, 0.15) is 25.7 Å². The summed E-state index contributed by atoms with van der Waals surface area (Å²) < 4.78 is 4.70. The van der Waals surface area contributed by atoms with Gasteiger partial charge in [0.15, 0.2) is 0 Å². The van der Waals surface area contributed by atoms with Crippen molar-refractivity contribution in [3.8, 4) is 0 Å². The van der Waals surface area contributed by atoms with Crippen molar-refractivity contribution in [3.05, 3.63) is 0 Å². The van der Waals surface area contributed by atoms with E-state index in [2.05, 4.69) is 0 Å². The zero-order valence-electron chi connectivity index (χ0n) is 7.18. The van der Waals surface area contributed by atoms with Crippen LogP contribution in [-0.2, 0) is 9.53 Å². The summed E-state index contributed by atoms with van der Waals surface area (Å²) in [6, 6.07) is 0. The number of carbonyl (C=O) groups excluding carboxylic acids is 1. The fraction of sp³-hybridized carbons (Fsp3) is 0.889. The van der Waals surface area contributed by atoms with E-state index in [-0.39, 0.29) is 5.97 Å². The fourth-order valence-corrected chi connectivity index (χ4v) is 3.05. The minimum Gasteiger partial charge on any atom is -0.468 e. The van der Waals surface area contributed by atoms with Crippen LogP contribution in [0.15, 0.2) is 0 Å². The van der Waals surface area contributed by atoms with Crippen molar-refractivity contribution < 1.29 is 9.53 Å². The Kier molecular flexibility index (Phi) is 1.83. The van der Waals surface area contributed by atoms with Gasteiger partial charge in [-0.2, -0.15) is 0 Å². The van der Waals surface area contributed by atoms with E-state index in [9.17, 15) is 4.79 Å². The summed E-state index contributed by atoms with van der Waals surface area (Å²) in [5, 5.41) is 0. The normalized spacial score (nSPS) is 44.8. The third-order valence-electron chi connectivity index (χ3n) is 3.23. The second-order valence-corrected chi connectivity index (χ2v) is 4.38. The highest BCUT2D eigenvalue weighted by Crippen LogP contribution is 2.63. The first-order valence-electron chi connectivity index (χ1n) is 4.48. The highest BCUT2D eigenvalue weighted by Gasteiger charge is 2.69. The van der Waals surface area contributed by atoms with Crippen LogP contribution in [0.2, 0.25) is 0 Å². The first-order valence-corrected chi connectivity index (χ1v) is 4.86. The van der Waals surface area contributed by atoms with Crippen molar-refractivity contribution in [3.63, 3.8) is 0 Å². The molecule has 2 fully saturated rings. The van der Waals surface area contributed by atoms with Crippen LogP contribution in [0.25, 0.3) is 0 Å². The van der Waals surface area contributed by atoms with Gasteiger partial charge in [-0.1, -0.05) is 12.8 Å². The predicted molar refractivity (Wildman–Crippen MR) is 46.0 cm³/mol. The van der Waals surface area contributed by atoms with Crippen LogP contribution in [0.5, 0.6) is 0 Å². The first kappa shape index (κ1) is 8.36. The van der Waals surface area contributed by atoms with Gasteiger partial charge in [-0.25, -0.2) is 0 Å². The largest absolute Gasteiger partial charge is 0.468 e. The number of esters is 1. The van der Waals surface area contributed by atoms with Gasteiger partial charge < -0.3 is 4.74 Å². The summed E-state index contributed by atoms with van der Waals surface area (Å²) in [7, 11) is 1.41. The lowest BCUT2D eigenvalue weighted by Crippen LogP contribution is -2.21. The summed E-state index contributed by atoms with van der Waals surface area (Å²) in [5.41, 5.74) is 0. The molecule has 0 aromatic rings. The van der Waals surface area contributed by atoms with Gasteiger partial charge in [-0.05, 0) is 24.7 Å². The number of rotatable bonds is 1. The average Bonchev–Trinajstić information content (AvgIpc) is 2.74. The molecule has 0 bridgehead atoms. The molecule has 2 rings (SSSR count). The zero-order valence-corrected chi connectivity index (χ0v) is 7.93. The van der Waals surface area contributed by atoms with Crippen LogP contribution in [0.3, 0.4) is 0 Å². The monoisotopic (exact) mass is 188 g/mol. The van der Waals surface area contributed by atoms with Gasteiger partial charge in [0.05, 0.1) is 7.11 Å². The van der Waals surface area contributed by atoms with Crippen molar-refractivity contribution in [2.24, 2.45) is 11.8 Å². The second-order valence-electron chi connectivity index (χ2n) is 3.76. The number of ether oxygens (including phenoxy) is 1. The lowest BCUT2D eigenvalue weighted by atomic mass is 10.0. The molecular weight excluding hydrogens is 176 g/mol. The van der Waals surface area contributed by atoms with Crippen LogP contribution in [0, 0.1) is 11.8 Å². The van der Waals surface area contributed by atoms with Crippen molar-refractivity contribution in [1.82, 2.24) is 0 Å². The van der Waals surface area contributed by atoms with Crippen molar-refractivity contribution in [2.75, 3.05) is 7.11 Å². The van der Waals surface area contributed by atoms with Gasteiger partial charge in [0.2, 0.25) is 0 Å². The predicted octanol–water partition coefficient (Wildman–Crippen LogP) is 1.96. The molecule has 12 heavy (non-hydrogen) atoms. The molecule has 2 unspecified atom stereocenters. The van der Waals surface area contributed by atoms with Gasteiger partial charge in [0, 0.05) is 0 Å². The molecule has 0 aliphatic heterocycles. The van der Waals surface area contributed by atoms with Gasteiger partial charge in [0.25, 0.3) is 0 Å². The fourth-order valence-electron chi connectivity index (χ4n) is 2.51. The minimum atomic E-state index is -0.634. The lowest BCUT2D eigenvalue weighted by molar-refractivity contribution is -0.141. The van der Waals surface area contributed by atoms with E-state index in [4.69, 9.17) is 16.3 Å². The topological polar surface area (TPSA) is 26.3 Å². The van der Waals surface area contributed by atoms with Crippen LogP contribution in [-0.4, -0.2) is 18.0 Å². The molecule has 0 aromatic heterocycles. The van der Waals surface area contributed by atoms with Crippen LogP contribution < -0.4 is 0 Å². The molecule has 0 N–H and O–H groups in total. The van der Waals surface area contributed by atoms with Crippen molar-refractivity contribution in [1.29, 1.82) is 0 Å². The number of halogens is 1. The Bertz CT molecular complexity index is 203. The van der Waals surface area contributed by atoms with E-state index < -0.39 is 4.87 Å². The van der Waals surface area contributed by atoms with Gasteiger partial charge >= 0.3 is 5.97 Å². The maximum absolute atomic E-state index is 11.3. The molecule has 3 heteroatoms. The van der Waals surface area contributed by atoms with Crippen LogP contribution >= 0.6 is 11.6 Å². The molecule has 2 nitrogen and oxygen atoms in total. The van der Waals surface area contributed by atoms with E-state index in [0.717, 1.165) is 12.8 Å². The standard InChI is InChI=1S/C9H13ClO2/c1-12-8(11)9(10)6-4-2-3-5-7(6)9/h6-7H,2-5H2,1H3. The lowest BCUT2D eigenvalue weighted by Gasteiger charge is -2.04. The molecule has 68 valence electrons. The summed E-state index contributed by atoms with van der Waals surface area (Å²) in [6.45, 7) is 0. The van der Waals surface area contributed by atoms with E-state index in [1.54, 1.807) is 0 Å². The third-order valence-corrected chi connectivity index (χ3v) is 3.95. The molecule has 0 heterocycles. The molecule has 2 aliphatic carbocycles. The second kappa shape index (κ2) is 2.63. The molecule has 0 amide bonds. The van der Waals surface area contributed by atoms with E-state index in [1.165, 1.54) is 20.0 Å². The summed E-state index contributed by atoms with van der Waals surface area (Å²) in [6.07, 6.45) is 4.63. The molecule has 2 saturated carbocycles. The Morgan fingerprint density at radius 2 is 1.92 bits per heavy atom. The Hall–Kier alpha value is -0.240. The van der Waals surface area contributed by atoms with Gasteiger partial charge in [-0.3, -0.25) is 4.79 Å².